The van der Waals surface area contributed by atoms with Gasteiger partial charge in [-0.3, -0.25) is 10.1 Å². The summed E-state index contributed by atoms with van der Waals surface area (Å²) < 4.78 is 46.3. The number of nitro benzene ring substituents is 1. The van der Waals surface area contributed by atoms with Crippen molar-refractivity contribution in [1.29, 1.82) is 0 Å². The summed E-state index contributed by atoms with van der Waals surface area (Å²) >= 11 is 0. The summed E-state index contributed by atoms with van der Waals surface area (Å²) in [6, 6.07) is 4.71. The van der Waals surface area contributed by atoms with Gasteiger partial charge in [-0.2, -0.15) is 23.1 Å². The van der Waals surface area contributed by atoms with Crippen molar-refractivity contribution in [2.75, 3.05) is 18.5 Å². The number of nitro groups is 1. The molecule has 1 aromatic heterocycles. The maximum absolute atomic E-state index is 12.3. The van der Waals surface area contributed by atoms with Gasteiger partial charge < -0.3 is 14.8 Å². The van der Waals surface area contributed by atoms with Crippen molar-refractivity contribution >= 4 is 17.3 Å². The number of nitrogens with one attached hydrogen (secondary N) is 1. The number of hydrogen-bond acceptors (Lipinski definition) is 8. The van der Waals surface area contributed by atoms with Gasteiger partial charge in [-0.1, -0.05) is 12.1 Å². The molecule has 0 amide bonds. The van der Waals surface area contributed by atoms with E-state index < -0.39 is 23.7 Å². The van der Waals surface area contributed by atoms with Crippen LogP contribution in [0.2, 0.25) is 0 Å². The number of rotatable bonds is 7. The van der Waals surface area contributed by atoms with Gasteiger partial charge in [0, 0.05) is 6.07 Å². The highest BCUT2D eigenvalue weighted by atomic mass is 19.4. The van der Waals surface area contributed by atoms with Gasteiger partial charge in [-0.15, -0.1) is 4.98 Å². The Balaban J connectivity index is 2.30. The molecule has 0 aliphatic carbocycles. The van der Waals surface area contributed by atoms with Gasteiger partial charge >= 0.3 is 18.2 Å². The average Bonchev–Trinajstić information content (AvgIpc) is 2.53. The number of alkyl halides is 3. The molecule has 25 heavy (non-hydrogen) atoms. The van der Waals surface area contributed by atoms with Crippen molar-refractivity contribution in [2.24, 2.45) is 0 Å². The molecule has 134 valence electrons. The number of para-hydroxylation sites is 2. The van der Waals surface area contributed by atoms with E-state index in [1.54, 1.807) is 6.92 Å². The van der Waals surface area contributed by atoms with E-state index in [9.17, 15) is 23.3 Å². The third kappa shape index (κ3) is 5.44. The van der Waals surface area contributed by atoms with Crippen LogP contribution in [0.4, 0.5) is 30.5 Å². The molecule has 1 N–H and O–H groups in total. The van der Waals surface area contributed by atoms with E-state index in [1.165, 1.54) is 24.3 Å². The molecule has 0 bridgehead atoms. The lowest BCUT2D eigenvalue weighted by Crippen LogP contribution is -2.20. The van der Waals surface area contributed by atoms with Gasteiger partial charge in [0.2, 0.25) is 5.95 Å². The smallest absolute Gasteiger partial charge is 0.422 e. The number of anilines is 2. The van der Waals surface area contributed by atoms with E-state index in [0.717, 1.165) is 0 Å². The van der Waals surface area contributed by atoms with Gasteiger partial charge in [-0.25, -0.2) is 0 Å². The van der Waals surface area contributed by atoms with Crippen LogP contribution in [0.5, 0.6) is 12.0 Å². The number of hydrogen-bond donors (Lipinski definition) is 1. The summed E-state index contributed by atoms with van der Waals surface area (Å²) in [6.45, 7) is 0.163. The van der Waals surface area contributed by atoms with Crippen LogP contribution in [0.25, 0.3) is 0 Å². The first kappa shape index (κ1) is 18.2. The molecular weight excluding hydrogens is 347 g/mol. The molecule has 0 radical (unpaired) electrons. The predicted octanol–water partition coefficient (Wildman–Crippen LogP) is 2.86. The number of ether oxygens (including phenoxy) is 2. The van der Waals surface area contributed by atoms with Crippen LogP contribution >= 0.6 is 0 Å². The molecule has 1 heterocycles. The molecule has 0 fully saturated rings. The Bertz CT molecular complexity index is 757. The summed E-state index contributed by atoms with van der Waals surface area (Å²) in [5.74, 6) is -0.259. The molecular formula is C13H12F3N5O4. The lowest BCUT2D eigenvalue weighted by atomic mass is 10.3. The van der Waals surface area contributed by atoms with Crippen molar-refractivity contribution in [3.8, 4) is 12.0 Å². The second kappa shape index (κ2) is 7.59. The highest BCUT2D eigenvalue weighted by Gasteiger charge is 2.29. The Morgan fingerprint density at radius 2 is 1.80 bits per heavy atom. The molecule has 0 aliphatic heterocycles. The van der Waals surface area contributed by atoms with E-state index in [1.807, 2.05) is 0 Å². The van der Waals surface area contributed by atoms with Crippen LogP contribution in [0.3, 0.4) is 0 Å². The van der Waals surface area contributed by atoms with Crippen molar-refractivity contribution in [1.82, 2.24) is 15.0 Å². The minimum absolute atomic E-state index is 0.0444. The normalized spacial score (nSPS) is 11.0. The predicted molar refractivity (Wildman–Crippen MR) is 78.9 cm³/mol. The number of nitrogens with zero attached hydrogens (tertiary/aromatic N) is 4. The Kier molecular flexibility index (Phi) is 5.52. The van der Waals surface area contributed by atoms with Crippen LogP contribution in [0, 0.1) is 10.1 Å². The molecule has 2 aromatic rings. The summed E-state index contributed by atoms with van der Waals surface area (Å²) in [7, 11) is 0. The Labute approximate surface area is 139 Å². The van der Waals surface area contributed by atoms with Crippen molar-refractivity contribution in [3.05, 3.63) is 34.4 Å². The van der Waals surface area contributed by atoms with E-state index >= 15 is 0 Å². The number of aromatic nitrogens is 3. The largest absolute Gasteiger partial charge is 0.464 e. The third-order valence-corrected chi connectivity index (χ3v) is 2.58. The summed E-state index contributed by atoms with van der Waals surface area (Å²) in [5, 5.41) is 13.5. The lowest BCUT2D eigenvalue weighted by molar-refractivity contribution is -0.383. The topological polar surface area (TPSA) is 112 Å². The van der Waals surface area contributed by atoms with Gasteiger partial charge in [0.15, 0.2) is 6.61 Å². The number of benzene rings is 1. The molecule has 9 nitrogen and oxygen atoms in total. The van der Waals surface area contributed by atoms with Gasteiger partial charge in [0.1, 0.15) is 5.69 Å². The van der Waals surface area contributed by atoms with Gasteiger partial charge in [-0.05, 0) is 13.0 Å². The highest BCUT2D eigenvalue weighted by Crippen LogP contribution is 2.27. The zero-order valence-electron chi connectivity index (χ0n) is 12.8. The lowest BCUT2D eigenvalue weighted by Gasteiger charge is -2.11. The van der Waals surface area contributed by atoms with Gasteiger partial charge in [0.05, 0.1) is 11.5 Å². The first-order valence-corrected chi connectivity index (χ1v) is 6.87. The second-order valence-electron chi connectivity index (χ2n) is 4.46. The fourth-order valence-corrected chi connectivity index (χ4v) is 1.66. The van der Waals surface area contributed by atoms with E-state index in [0.29, 0.717) is 0 Å². The zero-order valence-corrected chi connectivity index (χ0v) is 12.8. The molecule has 2 rings (SSSR count). The van der Waals surface area contributed by atoms with Crippen LogP contribution in [0.15, 0.2) is 24.3 Å². The fraction of sp³-hybridized carbons (Fsp3) is 0.308. The molecule has 0 unspecified atom stereocenters. The first-order chi connectivity index (χ1) is 11.8. The minimum atomic E-state index is -4.58. The average molecular weight is 359 g/mol. The number of halogens is 3. The summed E-state index contributed by atoms with van der Waals surface area (Å²) in [5.41, 5.74) is -0.221. The molecule has 0 spiro atoms. The van der Waals surface area contributed by atoms with E-state index in [-0.39, 0.29) is 29.9 Å². The van der Waals surface area contributed by atoms with Gasteiger partial charge in [0.25, 0.3) is 5.69 Å². The van der Waals surface area contributed by atoms with Crippen molar-refractivity contribution < 1.29 is 27.6 Å². The van der Waals surface area contributed by atoms with Crippen LogP contribution < -0.4 is 14.8 Å². The maximum Gasteiger partial charge on any atom is 0.422 e. The summed E-state index contributed by atoms with van der Waals surface area (Å²) in [4.78, 5) is 21.4. The summed E-state index contributed by atoms with van der Waals surface area (Å²) in [6.07, 6.45) is -4.58. The maximum atomic E-state index is 12.3. The van der Waals surface area contributed by atoms with Crippen molar-refractivity contribution in [2.45, 2.75) is 13.1 Å². The Morgan fingerprint density at radius 3 is 2.40 bits per heavy atom. The molecule has 0 saturated heterocycles. The molecule has 0 aliphatic rings. The molecule has 0 atom stereocenters. The molecule has 0 saturated carbocycles. The first-order valence-electron chi connectivity index (χ1n) is 6.87. The van der Waals surface area contributed by atoms with Crippen LogP contribution in [-0.2, 0) is 0 Å². The quantitative estimate of drug-likeness (QED) is 0.593. The van der Waals surface area contributed by atoms with Crippen LogP contribution in [0.1, 0.15) is 6.92 Å². The monoisotopic (exact) mass is 359 g/mol. The highest BCUT2D eigenvalue weighted by molar-refractivity contribution is 5.66. The Morgan fingerprint density at radius 1 is 1.16 bits per heavy atom. The molecule has 12 heteroatoms. The van der Waals surface area contributed by atoms with Crippen molar-refractivity contribution in [3.63, 3.8) is 0 Å². The van der Waals surface area contributed by atoms with E-state index in [2.05, 4.69) is 25.0 Å². The minimum Gasteiger partial charge on any atom is -0.464 e. The van der Waals surface area contributed by atoms with Crippen LogP contribution in [-0.4, -0.2) is 39.3 Å². The third-order valence-electron chi connectivity index (χ3n) is 2.58. The fourth-order valence-electron chi connectivity index (χ4n) is 1.66. The molecule has 1 aromatic carbocycles. The van der Waals surface area contributed by atoms with E-state index in [4.69, 9.17) is 4.74 Å². The standard InChI is InChI=1S/C13H12F3N5O4/c1-2-24-11-18-10(19-12(20-11)25-7-13(14,15)16)17-8-5-3-4-6-9(8)21(22)23/h3-6H,2,7H2,1H3,(H,17,18,19,20). The second-order valence-corrected chi connectivity index (χ2v) is 4.46. The zero-order chi connectivity index (χ0) is 18.4. The SMILES string of the molecule is CCOc1nc(Nc2ccccc2[N+](=O)[O-])nc(OCC(F)(F)F)n1. The Hall–Kier alpha value is -3.18.